The van der Waals surface area contributed by atoms with Gasteiger partial charge >= 0.3 is 0 Å². The highest BCUT2D eigenvalue weighted by Gasteiger charge is 2.07. The fraction of sp³-hybridized carbons (Fsp3) is 0.200. The zero-order chi connectivity index (χ0) is 13.7. The quantitative estimate of drug-likeness (QED) is 0.838. The van der Waals surface area contributed by atoms with E-state index >= 15 is 0 Å². The molecule has 0 aliphatic heterocycles. The van der Waals surface area contributed by atoms with Crippen LogP contribution in [0.1, 0.15) is 34.3 Å². The minimum atomic E-state index is -0.0820. The third kappa shape index (κ3) is 3.10. The second-order valence-corrected chi connectivity index (χ2v) is 4.15. The summed E-state index contributed by atoms with van der Waals surface area (Å²) in [6, 6.07) is 10.4. The average molecular weight is 257 g/mol. The van der Waals surface area contributed by atoms with Gasteiger partial charge in [0.1, 0.15) is 5.76 Å². The highest BCUT2D eigenvalue weighted by Crippen LogP contribution is 2.21. The number of aldehydes is 1. The number of amides is 1. The first-order valence-electron chi connectivity index (χ1n) is 6.18. The van der Waals surface area contributed by atoms with Crippen LogP contribution < -0.4 is 5.32 Å². The van der Waals surface area contributed by atoms with E-state index in [1.807, 2.05) is 6.92 Å². The molecule has 2 aromatic rings. The topological polar surface area (TPSA) is 59.3 Å². The van der Waals surface area contributed by atoms with Crippen molar-refractivity contribution >= 4 is 12.2 Å². The Labute approximate surface area is 111 Å². The molecule has 0 atom stereocenters. The van der Waals surface area contributed by atoms with E-state index in [-0.39, 0.29) is 5.91 Å². The molecule has 0 radical (unpaired) electrons. The van der Waals surface area contributed by atoms with Gasteiger partial charge in [-0.25, -0.2) is 0 Å². The number of hydrogen-bond acceptors (Lipinski definition) is 3. The van der Waals surface area contributed by atoms with Crippen LogP contribution in [0, 0.1) is 0 Å². The van der Waals surface area contributed by atoms with Gasteiger partial charge in [0.2, 0.25) is 0 Å². The number of carbonyl (C=O) groups excluding carboxylic acids is 2. The molecule has 98 valence electrons. The fourth-order valence-electron chi connectivity index (χ4n) is 1.70. The van der Waals surface area contributed by atoms with Crippen molar-refractivity contribution in [3.05, 3.63) is 47.7 Å². The summed E-state index contributed by atoms with van der Waals surface area (Å²) in [4.78, 5) is 22.3. The molecule has 2 rings (SSSR count). The molecule has 0 bridgehead atoms. The summed E-state index contributed by atoms with van der Waals surface area (Å²) >= 11 is 0. The van der Waals surface area contributed by atoms with Crippen LogP contribution in [-0.2, 0) is 0 Å². The molecule has 4 nitrogen and oxygen atoms in total. The van der Waals surface area contributed by atoms with Crippen molar-refractivity contribution in [3.63, 3.8) is 0 Å². The lowest BCUT2D eigenvalue weighted by molar-refractivity contribution is 0.0953. The number of benzene rings is 1. The Morgan fingerprint density at radius 1 is 1.21 bits per heavy atom. The van der Waals surface area contributed by atoms with Crippen molar-refractivity contribution < 1.29 is 14.0 Å². The summed E-state index contributed by atoms with van der Waals surface area (Å²) in [6.45, 7) is 2.67. The van der Waals surface area contributed by atoms with Gasteiger partial charge in [-0.15, -0.1) is 0 Å². The van der Waals surface area contributed by atoms with Crippen LogP contribution in [0.25, 0.3) is 11.3 Å². The van der Waals surface area contributed by atoms with Crippen LogP contribution in [0.3, 0.4) is 0 Å². The maximum absolute atomic E-state index is 11.7. The zero-order valence-corrected chi connectivity index (χ0v) is 10.7. The Hall–Kier alpha value is -2.36. The molecule has 0 unspecified atom stereocenters. The lowest BCUT2D eigenvalue weighted by Crippen LogP contribution is -2.23. The maximum atomic E-state index is 11.7. The molecular weight excluding hydrogens is 242 g/mol. The van der Waals surface area contributed by atoms with Gasteiger partial charge in [-0.1, -0.05) is 19.1 Å². The smallest absolute Gasteiger partial charge is 0.251 e. The van der Waals surface area contributed by atoms with E-state index in [1.54, 1.807) is 36.4 Å². The molecule has 0 aliphatic rings. The molecule has 4 heteroatoms. The SMILES string of the molecule is CCCNC(=O)c1ccc(-c2ccc(C=O)o2)cc1. The first-order valence-corrected chi connectivity index (χ1v) is 6.18. The van der Waals surface area contributed by atoms with Gasteiger partial charge in [-0.3, -0.25) is 9.59 Å². The molecule has 1 aromatic heterocycles. The lowest BCUT2D eigenvalue weighted by Gasteiger charge is -2.04. The molecule has 1 N–H and O–H groups in total. The molecule has 0 aliphatic carbocycles. The van der Waals surface area contributed by atoms with Crippen molar-refractivity contribution in [1.29, 1.82) is 0 Å². The average Bonchev–Trinajstić information content (AvgIpc) is 2.94. The second-order valence-electron chi connectivity index (χ2n) is 4.15. The third-order valence-corrected chi connectivity index (χ3v) is 2.71. The minimum absolute atomic E-state index is 0.0820. The van der Waals surface area contributed by atoms with Gasteiger partial charge in [-0.05, 0) is 30.7 Å². The van der Waals surface area contributed by atoms with Gasteiger partial charge in [0, 0.05) is 17.7 Å². The molecule has 19 heavy (non-hydrogen) atoms. The summed E-state index contributed by atoms with van der Waals surface area (Å²) in [5.74, 6) is 0.823. The van der Waals surface area contributed by atoms with Gasteiger partial charge in [-0.2, -0.15) is 0 Å². The second kappa shape index (κ2) is 6.00. The zero-order valence-electron chi connectivity index (χ0n) is 10.7. The number of rotatable bonds is 5. The van der Waals surface area contributed by atoms with Crippen LogP contribution in [0.5, 0.6) is 0 Å². The summed E-state index contributed by atoms with van der Waals surface area (Å²) < 4.78 is 5.32. The molecular formula is C15H15NO3. The van der Waals surface area contributed by atoms with E-state index in [2.05, 4.69) is 5.32 Å². The largest absolute Gasteiger partial charge is 0.453 e. The van der Waals surface area contributed by atoms with Crippen LogP contribution in [0.15, 0.2) is 40.8 Å². The third-order valence-electron chi connectivity index (χ3n) is 2.71. The van der Waals surface area contributed by atoms with Crippen LogP contribution >= 0.6 is 0 Å². The van der Waals surface area contributed by atoms with E-state index in [4.69, 9.17) is 4.42 Å². The first kappa shape index (κ1) is 13.1. The summed E-state index contributed by atoms with van der Waals surface area (Å²) in [6.07, 6.45) is 1.57. The van der Waals surface area contributed by atoms with Gasteiger partial charge < -0.3 is 9.73 Å². The fourth-order valence-corrected chi connectivity index (χ4v) is 1.70. The summed E-state index contributed by atoms with van der Waals surface area (Å²) in [5, 5.41) is 2.81. The van der Waals surface area contributed by atoms with E-state index < -0.39 is 0 Å². The van der Waals surface area contributed by atoms with E-state index in [1.165, 1.54) is 0 Å². The van der Waals surface area contributed by atoms with Crippen molar-refractivity contribution in [2.24, 2.45) is 0 Å². The monoisotopic (exact) mass is 257 g/mol. The van der Waals surface area contributed by atoms with Gasteiger partial charge in [0.15, 0.2) is 12.0 Å². The van der Waals surface area contributed by atoms with Gasteiger partial charge in [0.05, 0.1) is 0 Å². The number of nitrogens with one attached hydrogen (secondary N) is 1. The van der Waals surface area contributed by atoms with Crippen LogP contribution in [0.2, 0.25) is 0 Å². The molecule has 1 aromatic carbocycles. The predicted molar refractivity (Wildman–Crippen MR) is 72.2 cm³/mol. The molecule has 0 saturated carbocycles. The highest BCUT2D eigenvalue weighted by molar-refractivity contribution is 5.94. The Morgan fingerprint density at radius 3 is 2.53 bits per heavy atom. The van der Waals surface area contributed by atoms with Crippen LogP contribution in [0.4, 0.5) is 0 Å². The van der Waals surface area contributed by atoms with Crippen molar-refractivity contribution in [1.82, 2.24) is 5.32 Å². The molecule has 1 amide bonds. The Kier molecular flexibility index (Phi) is 4.13. The van der Waals surface area contributed by atoms with Gasteiger partial charge in [0.25, 0.3) is 5.91 Å². The standard InChI is InChI=1S/C15H15NO3/c1-2-9-16-15(18)12-5-3-11(4-6-12)14-8-7-13(10-17)19-14/h3-8,10H,2,9H2,1H3,(H,16,18). The number of hydrogen-bond donors (Lipinski definition) is 1. The Morgan fingerprint density at radius 2 is 1.95 bits per heavy atom. The van der Waals surface area contributed by atoms with Crippen LogP contribution in [-0.4, -0.2) is 18.7 Å². The summed E-state index contributed by atoms with van der Waals surface area (Å²) in [7, 11) is 0. The lowest BCUT2D eigenvalue weighted by atomic mass is 10.1. The molecule has 0 fully saturated rings. The van der Waals surface area contributed by atoms with E-state index in [0.717, 1.165) is 12.0 Å². The van der Waals surface area contributed by atoms with Crippen molar-refractivity contribution in [2.45, 2.75) is 13.3 Å². The Balaban J connectivity index is 2.13. The molecule has 0 saturated heterocycles. The first-order chi connectivity index (χ1) is 9.24. The van der Waals surface area contributed by atoms with Crippen molar-refractivity contribution in [3.8, 4) is 11.3 Å². The summed E-state index contributed by atoms with van der Waals surface area (Å²) in [5.41, 5.74) is 1.44. The van der Waals surface area contributed by atoms with Crippen molar-refractivity contribution in [2.75, 3.05) is 6.54 Å². The van der Waals surface area contributed by atoms with E-state index in [0.29, 0.717) is 29.9 Å². The van der Waals surface area contributed by atoms with E-state index in [9.17, 15) is 9.59 Å². The highest BCUT2D eigenvalue weighted by atomic mass is 16.3. The maximum Gasteiger partial charge on any atom is 0.251 e. The number of furan rings is 1. The molecule has 0 spiro atoms. The number of carbonyl (C=O) groups is 2. The molecule has 1 heterocycles. The minimum Gasteiger partial charge on any atom is -0.453 e. The Bertz CT molecular complexity index is 569. The normalized spacial score (nSPS) is 10.2. The predicted octanol–water partition coefficient (Wildman–Crippen LogP) is 2.90.